The standard InChI is InChI=1S/C23H31N3O/c1-4-26(17(2)3)21-12-10-19(11-13-21)23(27)25-15-20(14-24)22(16-25)18-8-6-5-7-9-18/h5-13,17,20,22H,4,14-16,24H2,1-3H3/t20-,22+/m1/s1. The lowest BCUT2D eigenvalue weighted by molar-refractivity contribution is 0.0786. The number of carbonyl (C=O) groups is 1. The molecule has 4 nitrogen and oxygen atoms in total. The summed E-state index contributed by atoms with van der Waals surface area (Å²) in [4.78, 5) is 17.3. The van der Waals surface area contributed by atoms with Gasteiger partial charge in [0.2, 0.25) is 0 Å². The van der Waals surface area contributed by atoms with E-state index >= 15 is 0 Å². The van der Waals surface area contributed by atoms with Gasteiger partial charge in [0.05, 0.1) is 0 Å². The molecule has 1 aliphatic rings. The van der Waals surface area contributed by atoms with Crippen molar-refractivity contribution in [3.63, 3.8) is 0 Å². The van der Waals surface area contributed by atoms with E-state index in [1.54, 1.807) is 0 Å². The van der Waals surface area contributed by atoms with Crippen LogP contribution in [0, 0.1) is 5.92 Å². The number of anilines is 1. The molecule has 0 bridgehead atoms. The molecule has 0 spiro atoms. The highest BCUT2D eigenvalue weighted by atomic mass is 16.2. The molecule has 0 radical (unpaired) electrons. The summed E-state index contributed by atoms with van der Waals surface area (Å²) in [5.41, 5.74) is 9.20. The minimum absolute atomic E-state index is 0.103. The van der Waals surface area contributed by atoms with E-state index in [4.69, 9.17) is 5.73 Å². The molecule has 0 unspecified atom stereocenters. The number of carbonyl (C=O) groups excluding carboxylic acids is 1. The molecular weight excluding hydrogens is 334 g/mol. The van der Waals surface area contributed by atoms with E-state index in [1.165, 1.54) is 5.56 Å². The number of hydrogen-bond acceptors (Lipinski definition) is 3. The Morgan fingerprint density at radius 1 is 1.11 bits per heavy atom. The number of likely N-dealkylation sites (tertiary alicyclic amines) is 1. The third kappa shape index (κ3) is 4.16. The molecule has 2 aromatic rings. The summed E-state index contributed by atoms with van der Waals surface area (Å²) in [7, 11) is 0. The van der Waals surface area contributed by atoms with Crippen LogP contribution >= 0.6 is 0 Å². The zero-order chi connectivity index (χ0) is 19.4. The number of amides is 1. The average Bonchev–Trinajstić information content (AvgIpc) is 3.13. The predicted molar refractivity (Wildman–Crippen MR) is 112 cm³/mol. The first-order chi connectivity index (χ1) is 13.0. The number of nitrogens with two attached hydrogens (primary N) is 1. The Balaban J connectivity index is 1.74. The summed E-state index contributed by atoms with van der Waals surface area (Å²) in [6.07, 6.45) is 0. The fourth-order valence-electron chi connectivity index (χ4n) is 4.18. The van der Waals surface area contributed by atoms with Gasteiger partial charge in [-0.15, -0.1) is 0 Å². The molecule has 1 fully saturated rings. The van der Waals surface area contributed by atoms with Crippen LogP contribution in [0.1, 0.15) is 42.6 Å². The summed E-state index contributed by atoms with van der Waals surface area (Å²) in [6, 6.07) is 18.9. The van der Waals surface area contributed by atoms with Crippen molar-refractivity contribution >= 4 is 11.6 Å². The molecule has 1 aliphatic heterocycles. The molecule has 4 heteroatoms. The Labute approximate surface area is 163 Å². The second-order valence-corrected chi connectivity index (χ2v) is 7.65. The summed E-state index contributed by atoms with van der Waals surface area (Å²) in [6.45, 7) is 9.53. The van der Waals surface area contributed by atoms with Crippen LogP contribution in [0.15, 0.2) is 54.6 Å². The fourth-order valence-corrected chi connectivity index (χ4v) is 4.18. The largest absolute Gasteiger partial charge is 0.369 e. The van der Waals surface area contributed by atoms with Crippen molar-refractivity contribution in [2.24, 2.45) is 11.7 Å². The third-order valence-corrected chi connectivity index (χ3v) is 5.67. The molecular formula is C23H31N3O. The van der Waals surface area contributed by atoms with E-state index in [1.807, 2.05) is 23.1 Å². The molecule has 27 heavy (non-hydrogen) atoms. The highest BCUT2D eigenvalue weighted by molar-refractivity contribution is 5.94. The third-order valence-electron chi connectivity index (χ3n) is 5.67. The molecule has 1 heterocycles. The predicted octanol–water partition coefficient (Wildman–Crippen LogP) is 3.74. The minimum Gasteiger partial charge on any atom is -0.369 e. The van der Waals surface area contributed by atoms with Crippen LogP contribution in [0.3, 0.4) is 0 Å². The monoisotopic (exact) mass is 365 g/mol. The Hall–Kier alpha value is -2.33. The van der Waals surface area contributed by atoms with Crippen molar-refractivity contribution in [3.8, 4) is 0 Å². The average molecular weight is 366 g/mol. The quantitative estimate of drug-likeness (QED) is 0.848. The van der Waals surface area contributed by atoms with Crippen LogP contribution in [0.4, 0.5) is 5.69 Å². The zero-order valence-corrected chi connectivity index (χ0v) is 16.6. The number of benzene rings is 2. The van der Waals surface area contributed by atoms with E-state index in [0.29, 0.717) is 24.4 Å². The lowest BCUT2D eigenvalue weighted by Crippen LogP contribution is -2.31. The second kappa shape index (κ2) is 8.57. The van der Waals surface area contributed by atoms with Gasteiger partial charge < -0.3 is 15.5 Å². The molecule has 0 aliphatic carbocycles. The molecule has 2 atom stereocenters. The molecule has 1 saturated heterocycles. The Bertz CT molecular complexity index is 742. The molecule has 3 rings (SSSR count). The van der Waals surface area contributed by atoms with E-state index < -0.39 is 0 Å². The maximum atomic E-state index is 13.0. The van der Waals surface area contributed by atoms with Gasteiger partial charge in [-0.2, -0.15) is 0 Å². The maximum Gasteiger partial charge on any atom is 0.253 e. The normalized spacial score (nSPS) is 19.5. The summed E-state index contributed by atoms with van der Waals surface area (Å²) >= 11 is 0. The van der Waals surface area contributed by atoms with Gasteiger partial charge in [-0.1, -0.05) is 30.3 Å². The van der Waals surface area contributed by atoms with Crippen LogP contribution in [-0.2, 0) is 0 Å². The molecule has 2 N–H and O–H groups in total. The van der Waals surface area contributed by atoms with Crippen molar-refractivity contribution < 1.29 is 4.79 Å². The van der Waals surface area contributed by atoms with Crippen LogP contribution in [0.2, 0.25) is 0 Å². The first kappa shape index (κ1) is 19.4. The van der Waals surface area contributed by atoms with Gasteiger partial charge in [-0.25, -0.2) is 0 Å². The topological polar surface area (TPSA) is 49.6 Å². The van der Waals surface area contributed by atoms with Crippen molar-refractivity contribution in [2.45, 2.75) is 32.7 Å². The number of rotatable bonds is 6. The van der Waals surface area contributed by atoms with Gasteiger partial charge in [0.25, 0.3) is 5.91 Å². The lowest BCUT2D eigenvalue weighted by Gasteiger charge is -2.27. The minimum atomic E-state index is 0.103. The molecule has 1 amide bonds. The summed E-state index contributed by atoms with van der Waals surface area (Å²) < 4.78 is 0. The van der Waals surface area contributed by atoms with Crippen molar-refractivity contribution in [2.75, 3.05) is 31.1 Å². The van der Waals surface area contributed by atoms with Crippen molar-refractivity contribution in [1.29, 1.82) is 0 Å². The highest BCUT2D eigenvalue weighted by Gasteiger charge is 2.35. The van der Waals surface area contributed by atoms with E-state index in [9.17, 15) is 4.79 Å². The SMILES string of the molecule is CCN(c1ccc(C(=O)N2C[C@@H](CN)[C@H](c3ccccc3)C2)cc1)C(C)C. The zero-order valence-electron chi connectivity index (χ0n) is 16.6. The first-order valence-corrected chi connectivity index (χ1v) is 9.96. The number of nitrogens with zero attached hydrogens (tertiary/aromatic N) is 2. The summed E-state index contributed by atoms with van der Waals surface area (Å²) in [5.74, 6) is 0.731. The van der Waals surface area contributed by atoms with Crippen molar-refractivity contribution in [1.82, 2.24) is 4.90 Å². The van der Waals surface area contributed by atoms with Gasteiger partial charge in [-0.05, 0) is 63.1 Å². The van der Waals surface area contributed by atoms with E-state index in [-0.39, 0.29) is 5.91 Å². The van der Waals surface area contributed by atoms with Gasteiger partial charge in [0.15, 0.2) is 0 Å². The van der Waals surface area contributed by atoms with Crippen LogP contribution < -0.4 is 10.6 Å². The van der Waals surface area contributed by atoms with Crippen molar-refractivity contribution in [3.05, 3.63) is 65.7 Å². The fraction of sp³-hybridized carbons (Fsp3) is 0.435. The van der Waals surface area contributed by atoms with Crippen LogP contribution in [-0.4, -0.2) is 43.0 Å². The highest BCUT2D eigenvalue weighted by Crippen LogP contribution is 2.33. The molecule has 144 valence electrons. The lowest BCUT2D eigenvalue weighted by atomic mass is 9.89. The summed E-state index contributed by atoms with van der Waals surface area (Å²) in [5, 5.41) is 0. The second-order valence-electron chi connectivity index (χ2n) is 7.65. The Morgan fingerprint density at radius 3 is 2.33 bits per heavy atom. The molecule has 0 saturated carbocycles. The van der Waals surface area contributed by atoms with E-state index in [0.717, 1.165) is 30.9 Å². The van der Waals surface area contributed by atoms with Gasteiger partial charge >= 0.3 is 0 Å². The maximum absolute atomic E-state index is 13.0. The first-order valence-electron chi connectivity index (χ1n) is 9.96. The van der Waals surface area contributed by atoms with Crippen LogP contribution in [0.25, 0.3) is 0 Å². The van der Waals surface area contributed by atoms with Gasteiger partial charge in [0.1, 0.15) is 0 Å². The Morgan fingerprint density at radius 2 is 1.78 bits per heavy atom. The Kier molecular flexibility index (Phi) is 6.17. The number of hydrogen-bond donors (Lipinski definition) is 1. The van der Waals surface area contributed by atoms with Gasteiger partial charge in [0, 0.05) is 42.8 Å². The van der Waals surface area contributed by atoms with E-state index in [2.05, 4.69) is 62.1 Å². The molecule has 2 aromatic carbocycles. The van der Waals surface area contributed by atoms with Gasteiger partial charge in [-0.3, -0.25) is 4.79 Å². The molecule has 0 aromatic heterocycles. The van der Waals surface area contributed by atoms with Crippen LogP contribution in [0.5, 0.6) is 0 Å². The smallest absolute Gasteiger partial charge is 0.253 e.